The van der Waals surface area contributed by atoms with Gasteiger partial charge in [0.25, 0.3) is 5.91 Å². The second-order valence-corrected chi connectivity index (χ2v) is 9.93. The number of fused-ring (bicyclic) bond motifs is 1. The first-order valence-corrected chi connectivity index (χ1v) is 12.7. The number of hydrogen-bond donors (Lipinski definition) is 1. The number of halogens is 3. The molecule has 1 aromatic heterocycles. The molecular formula is C26H34F3N3O4. The Balaban J connectivity index is 0.000000325. The SMILES string of the molecule is CC1=C(C(=O)N2CCc3ncc(C(F)(F)F)cc3C2)C2(CCNCC2)OC1=O.COC1CCCCC1. The highest BCUT2D eigenvalue weighted by atomic mass is 19.4. The first kappa shape index (κ1) is 26.6. The van der Waals surface area contributed by atoms with Gasteiger partial charge in [-0.15, -0.1) is 0 Å². The number of pyridine rings is 1. The van der Waals surface area contributed by atoms with Crippen LogP contribution in [0.1, 0.15) is 68.7 Å². The lowest BCUT2D eigenvalue weighted by molar-refractivity contribution is -0.149. The Kier molecular flexibility index (Phi) is 8.04. The molecule has 4 heterocycles. The fourth-order valence-corrected chi connectivity index (χ4v) is 5.50. The summed E-state index contributed by atoms with van der Waals surface area (Å²) in [6, 6.07) is 1.06. The van der Waals surface area contributed by atoms with E-state index in [4.69, 9.17) is 9.47 Å². The normalized spacial score (nSPS) is 22.1. The number of amides is 1. The van der Waals surface area contributed by atoms with Crippen molar-refractivity contribution in [2.24, 2.45) is 0 Å². The number of methoxy groups -OCH3 is 1. The van der Waals surface area contributed by atoms with Crippen molar-refractivity contribution < 1.29 is 32.2 Å². The maximum Gasteiger partial charge on any atom is 0.417 e. The van der Waals surface area contributed by atoms with Crippen LogP contribution in [0.5, 0.6) is 0 Å². The maximum atomic E-state index is 13.3. The van der Waals surface area contributed by atoms with E-state index in [9.17, 15) is 22.8 Å². The summed E-state index contributed by atoms with van der Waals surface area (Å²) in [6.07, 6.45) is 5.04. The maximum absolute atomic E-state index is 13.3. The zero-order chi connectivity index (χ0) is 25.9. The van der Waals surface area contributed by atoms with E-state index in [1.807, 2.05) is 7.11 Å². The van der Waals surface area contributed by atoms with Crippen molar-refractivity contribution in [3.63, 3.8) is 0 Å². The number of nitrogens with one attached hydrogen (secondary N) is 1. The van der Waals surface area contributed by atoms with E-state index >= 15 is 0 Å². The summed E-state index contributed by atoms with van der Waals surface area (Å²) in [5, 5.41) is 3.18. The molecule has 10 heteroatoms. The Labute approximate surface area is 209 Å². The summed E-state index contributed by atoms with van der Waals surface area (Å²) in [5.41, 5.74) is -0.168. The predicted molar refractivity (Wildman–Crippen MR) is 126 cm³/mol. The fraction of sp³-hybridized carbons (Fsp3) is 0.654. The number of carbonyl (C=O) groups is 2. The van der Waals surface area contributed by atoms with E-state index in [-0.39, 0.29) is 12.5 Å². The third-order valence-corrected chi connectivity index (χ3v) is 7.59. The van der Waals surface area contributed by atoms with E-state index in [0.717, 1.165) is 12.3 Å². The summed E-state index contributed by atoms with van der Waals surface area (Å²) < 4.78 is 49.8. The number of esters is 1. The zero-order valence-corrected chi connectivity index (χ0v) is 20.9. The average molecular weight is 510 g/mol. The second-order valence-electron chi connectivity index (χ2n) is 9.93. The van der Waals surface area contributed by atoms with Crippen LogP contribution in [-0.2, 0) is 38.2 Å². The molecule has 36 heavy (non-hydrogen) atoms. The molecule has 1 N–H and O–H groups in total. The van der Waals surface area contributed by atoms with Gasteiger partial charge in [-0.2, -0.15) is 13.2 Å². The highest BCUT2D eigenvalue weighted by molar-refractivity contribution is 6.07. The Morgan fingerprint density at radius 1 is 1.22 bits per heavy atom. The summed E-state index contributed by atoms with van der Waals surface area (Å²) >= 11 is 0. The lowest BCUT2D eigenvalue weighted by Crippen LogP contribution is -2.48. The van der Waals surface area contributed by atoms with Gasteiger partial charge in [0.05, 0.1) is 17.2 Å². The molecule has 2 fully saturated rings. The third kappa shape index (κ3) is 5.59. The molecule has 1 saturated carbocycles. The van der Waals surface area contributed by atoms with Crippen molar-refractivity contribution in [3.8, 4) is 0 Å². The van der Waals surface area contributed by atoms with Crippen LogP contribution in [0.2, 0.25) is 0 Å². The highest BCUT2D eigenvalue weighted by Crippen LogP contribution is 2.41. The fourth-order valence-electron chi connectivity index (χ4n) is 5.50. The van der Waals surface area contributed by atoms with Gasteiger partial charge in [-0.25, -0.2) is 4.79 Å². The number of carbonyl (C=O) groups excluding carboxylic acids is 2. The molecule has 198 valence electrons. The van der Waals surface area contributed by atoms with Gasteiger partial charge in [0, 0.05) is 56.9 Å². The van der Waals surface area contributed by atoms with E-state index in [0.29, 0.717) is 67.4 Å². The van der Waals surface area contributed by atoms with Gasteiger partial charge in [0.15, 0.2) is 0 Å². The van der Waals surface area contributed by atoms with Crippen LogP contribution < -0.4 is 5.32 Å². The molecule has 3 aliphatic heterocycles. The number of alkyl halides is 3. The molecule has 0 unspecified atom stereocenters. The third-order valence-electron chi connectivity index (χ3n) is 7.59. The Morgan fingerprint density at radius 2 is 1.92 bits per heavy atom. The van der Waals surface area contributed by atoms with Crippen LogP contribution in [0.4, 0.5) is 13.2 Å². The zero-order valence-electron chi connectivity index (χ0n) is 20.9. The Bertz CT molecular complexity index is 1010. The van der Waals surface area contributed by atoms with Crippen molar-refractivity contribution >= 4 is 11.9 Å². The van der Waals surface area contributed by atoms with E-state index in [1.54, 1.807) is 6.92 Å². The minimum absolute atomic E-state index is 0.0321. The Morgan fingerprint density at radius 3 is 2.53 bits per heavy atom. The molecule has 1 aliphatic carbocycles. The Hall–Kier alpha value is -2.46. The van der Waals surface area contributed by atoms with Gasteiger partial charge in [-0.05, 0) is 44.5 Å². The quantitative estimate of drug-likeness (QED) is 0.609. The molecule has 1 saturated heterocycles. The molecule has 4 aliphatic rings. The minimum Gasteiger partial charge on any atom is -0.450 e. The number of rotatable bonds is 2. The summed E-state index contributed by atoms with van der Waals surface area (Å²) in [7, 11) is 1.82. The van der Waals surface area contributed by atoms with Crippen LogP contribution in [0.25, 0.3) is 0 Å². The van der Waals surface area contributed by atoms with E-state index in [1.165, 1.54) is 37.0 Å². The number of hydrogen-bond acceptors (Lipinski definition) is 6. The molecule has 0 radical (unpaired) electrons. The molecule has 0 bridgehead atoms. The van der Waals surface area contributed by atoms with Gasteiger partial charge in [0.2, 0.25) is 0 Å². The van der Waals surface area contributed by atoms with E-state index < -0.39 is 23.3 Å². The molecule has 0 aromatic carbocycles. The van der Waals surface area contributed by atoms with Crippen molar-refractivity contribution in [1.29, 1.82) is 0 Å². The summed E-state index contributed by atoms with van der Waals surface area (Å²) in [4.78, 5) is 30.9. The van der Waals surface area contributed by atoms with Crippen molar-refractivity contribution in [2.45, 2.75) is 82.7 Å². The molecule has 5 rings (SSSR count). The predicted octanol–water partition coefficient (Wildman–Crippen LogP) is 3.95. The van der Waals surface area contributed by atoms with Gasteiger partial charge < -0.3 is 19.7 Å². The van der Waals surface area contributed by atoms with Crippen LogP contribution in [0.3, 0.4) is 0 Å². The van der Waals surface area contributed by atoms with Crippen LogP contribution in [-0.4, -0.2) is 60.2 Å². The van der Waals surface area contributed by atoms with Crippen molar-refractivity contribution in [1.82, 2.24) is 15.2 Å². The molecule has 1 amide bonds. The lowest BCUT2D eigenvalue weighted by Gasteiger charge is -2.37. The largest absolute Gasteiger partial charge is 0.450 e. The van der Waals surface area contributed by atoms with Crippen LogP contribution >= 0.6 is 0 Å². The van der Waals surface area contributed by atoms with E-state index in [2.05, 4.69) is 10.3 Å². The number of piperidine rings is 1. The summed E-state index contributed by atoms with van der Waals surface area (Å²) in [5.74, 6) is -0.836. The monoisotopic (exact) mass is 509 g/mol. The van der Waals surface area contributed by atoms with Crippen LogP contribution in [0.15, 0.2) is 23.4 Å². The molecule has 0 atom stereocenters. The number of aromatic nitrogens is 1. The average Bonchev–Trinajstić information content (AvgIpc) is 3.12. The van der Waals surface area contributed by atoms with Gasteiger partial charge >= 0.3 is 12.1 Å². The second kappa shape index (κ2) is 10.9. The highest BCUT2D eigenvalue weighted by Gasteiger charge is 2.51. The first-order chi connectivity index (χ1) is 17.1. The van der Waals surface area contributed by atoms with Gasteiger partial charge in [0.1, 0.15) is 5.60 Å². The van der Waals surface area contributed by atoms with Crippen molar-refractivity contribution in [2.75, 3.05) is 26.7 Å². The first-order valence-electron chi connectivity index (χ1n) is 12.7. The number of ether oxygens (including phenoxy) is 2. The van der Waals surface area contributed by atoms with Gasteiger partial charge in [-0.3, -0.25) is 9.78 Å². The molecule has 1 spiro atoms. The number of nitrogens with zero attached hydrogens (tertiary/aromatic N) is 2. The molecule has 7 nitrogen and oxygen atoms in total. The lowest BCUT2D eigenvalue weighted by atomic mass is 9.83. The van der Waals surface area contributed by atoms with Crippen molar-refractivity contribution in [3.05, 3.63) is 40.2 Å². The van der Waals surface area contributed by atoms with Crippen LogP contribution in [0, 0.1) is 0 Å². The molecular weight excluding hydrogens is 475 g/mol. The molecule has 1 aromatic rings. The van der Waals surface area contributed by atoms with Gasteiger partial charge in [-0.1, -0.05) is 19.3 Å². The topological polar surface area (TPSA) is 80.8 Å². The summed E-state index contributed by atoms with van der Waals surface area (Å²) in [6.45, 7) is 3.19. The minimum atomic E-state index is -4.49. The smallest absolute Gasteiger partial charge is 0.417 e. The standard InChI is InChI=1S/C19H20F3N3O3.C7H14O/c1-11-15(18(28-17(11)27)3-5-23-6-4-18)16(26)25-7-2-14-12(10-25)8-13(9-24-14)19(20,21)22;1-8-7-5-3-2-4-6-7/h8-9,23H,2-7,10H2,1H3;7H,2-6H2,1H3.